The monoisotopic (exact) mass is 387 g/mol. The van der Waals surface area contributed by atoms with Gasteiger partial charge in [0.15, 0.2) is 0 Å². The van der Waals surface area contributed by atoms with Crippen molar-refractivity contribution in [3.8, 4) is 0 Å². The van der Waals surface area contributed by atoms with Crippen LogP contribution in [0.3, 0.4) is 0 Å². The first-order valence-electron chi connectivity index (χ1n) is 6.70. The lowest BCUT2D eigenvalue weighted by atomic mass is 10.1. The highest BCUT2D eigenvalue weighted by Gasteiger charge is 2.11. The molecule has 0 radical (unpaired) electrons. The molecule has 104 valence electrons. The van der Waals surface area contributed by atoms with Gasteiger partial charge in [-0.15, -0.1) is 0 Å². The van der Waals surface area contributed by atoms with E-state index in [0.29, 0.717) is 5.56 Å². The second-order valence-corrected chi connectivity index (χ2v) is 6.13. The number of benzene rings is 3. The Labute approximate surface area is 137 Å². The fraction of sp³-hybridized carbons (Fsp3) is 0.0556. The number of amides is 1. The van der Waals surface area contributed by atoms with E-state index in [2.05, 4.69) is 27.9 Å². The maximum Gasteiger partial charge on any atom is 0.256 e. The normalized spacial score (nSPS) is 10.6. The summed E-state index contributed by atoms with van der Waals surface area (Å²) in [5.41, 5.74) is 2.70. The highest BCUT2D eigenvalue weighted by molar-refractivity contribution is 14.1. The van der Waals surface area contributed by atoms with Crippen molar-refractivity contribution in [2.24, 2.45) is 0 Å². The fourth-order valence-corrected chi connectivity index (χ4v) is 3.24. The Morgan fingerprint density at radius 2 is 1.76 bits per heavy atom. The minimum Gasteiger partial charge on any atom is -0.321 e. The summed E-state index contributed by atoms with van der Waals surface area (Å²) in [7, 11) is 0. The van der Waals surface area contributed by atoms with Gasteiger partial charge in [0.25, 0.3) is 5.91 Å². The number of rotatable bonds is 2. The minimum absolute atomic E-state index is 0.0734. The van der Waals surface area contributed by atoms with E-state index in [1.807, 2.05) is 67.6 Å². The molecule has 3 rings (SSSR count). The van der Waals surface area contributed by atoms with Gasteiger partial charge in [0.1, 0.15) is 0 Å². The van der Waals surface area contributed by atoms with Crippen LogP contribution < -0.4 is 5.32 Å². The summed E-state index contributed by atoms with van der Waals surface area (Å²) < 4.78 is 0.963. The van der Waals surface area contributed by atoms with Crippen LogP contribution in [0.4, 0.5) is 5.69 Å². The van der Waals surface area contributed by atoms with Crippen LogP contribution in [0.25, 0.3) is 10.8 Å². The van der Waals surface area contributed by atoms with Crippen molar-refractivity contribution < 1.29 is 4.79 Å². The molecule has 0 aliphatic carbocycles. The summed E-state index contributed by atoms with van der Waals surface area (Å²) in [4.78, 5) is 12.5. The quantitative estimate of drug-likeness (QED) is 0.616. The average molecular weight is 387 g/mol. The average Bonchev–Trinajstić information content (AvgIpc) is 2.47. The van der Waals surface area contributed by atoms with Crippen molar-refractivity contribution in [2.45, 2.75) is 6.92 Å². The predicted molar refractivity (Wildman–Crippen MR) is 95.8 cm³/mol. The Bertz CT molecular complexity index is 821. The van der Waals surface area contributed by atoms with Crippen molar-refractivity contribution in [1.29, 1.82) is 0 Å². The van der Waals surface area contributed by atoms with Crippen LogP contribution >= 0.6 is 22.6 Å². The first kappa shape index (κ1) is 14.1. The molecule has 0 aliphatic heterocycles. The number of halogens is 1. The van der Waals surface area contributed by atoms with Crippen LogP contribution in [-0.4, -0.2) is 5.91 Å². The van der Waals surface area contributed by atoms with Crippen LogP contribution in [-0.2, 0) is 0 Å². The molecule has 3 heteroatoms. The lowest BCUT2D eigenvalue weighted by Gasteiger charge is -2.10. The molecular weight excluding hydrogens is 373 g/mol. The molecular formula is C18H14INO. The molecule has 0 unspecified atom stereocenters. The Kier molecular flexibility index (Phi) is 3.92. The van der Waals surface area contributed by atoms with Gasteiger partial charge in [-0.05, 0) is 53.1 Å². The Hall–Kier alpha value is -1.88. The minimum atomic E-state index is -0.0734. The van der Waals surface area contributed by atoms with E-state index in [-0.39, 0.29) is 5.91 Å². The maximum atomic E-state index is 12.5. The van der Waals surface area contributed by atoms with Gasteiger partial charge >= 0.3 is 0 Å². The highest BCUT2D eigenvalue weighted by Crippen LogP contribution is 2.24. The summed E-state index contributed by atoms with van der Waals surface area (Å²) in [5, 5.41) is 5.19. The molecule has 1 amide bonds. The third kappa shape index (κ3) is 2.93. The number of fused-ring (bicyclic) bond motifs is 1. The van der Waals surface area contributed by atoms with Gasteiger partial charge in [0, 0.05) is 14.6 Å². The SMILES string of the molecule is Cc1ccc(C(=O)Nc2cccc3ccccc23)c(I)c1. The largest absolute Gasteiger partial charge is 0.321 e. The number of carbonyl (C=O) groups excluding carboxylic acids is 1. The summed E-state index contributed by atoms with van der Waals surface area (Å²) in [6, 6.07) is 19.8. The molecule has 0 atom stereocenters. The standard InChI is InChI=1S/C18H14INO/c1-12-9-10-15(16(19)11-12)18(21)20-17-8-4-6-13-5-2-3-7-14(13)17/h2-11H,1H3,(H,20,21). The predicted octanol–water partition coefficient (Wildman–Crippen LogP) is 5.01. The van der Waals surface area contributed by atoms with Crippen LogP contribution in [0.15, 0.2) is 60.7 Å². The summed E-state index contributed by atoms with van der Waals surface area (Å²) in [6.07, 6.45) is 0. The highest BCUT2D eigenvalue weighted by atomic mass is 127. The molecule has 1 N–H and O–H groups in total. The van der Waals surface area contributed by atoms with E-state index < -0.39 is 0 Å². The van der Waals surface area contributed by atoms with E-state index in [0.717, 1.165) is 25.6 Å². The lowest BCUT2D eigenvalue weighted by Crippen LogP contribution is -2.13. The number of aryl methyl sites for hydroxylation is 1. The van der Waals surface area contributed by atoms with Crippen molar-refractivity contribution in [1.82, 2.24) is 0 Å². The van der Waals surface area contributed by atoms with E-state index in [9.17, 15) is 4.79 Å². The second kappa shape index (κ2) is 5.85. The Balaban J connectivity index is 1.97. The zero-order chi connectivity index (χ0) is 14.8. The number of nitrogens with one attached hydrogen (secondary N) is 1. The third-order valence-electron chi connectivity index (χ3n) is 3.41. The van der Waals surface area contributed by atoms with Gasteiger partial charge in [-0.2, -0.15) is 0 Å². The van der Waals surface area contributed by atoms with Gasteiger partial charge in [0.2, 0.25) is 0 Å². The Morgan fingerprint density at radius 1 is 1.00 bits per heavy atom. The van der Waals surface area contributed by atoms with Gasteiger partial charge in [-0.1, -0.05) is 48.0 Å². The molecule has 0 heterocycles. The summed E-state index contributed by atoms with van der Waals surface area (Å²) >= 11 is 2.20. The second-order valence-electron chi connectivity index (χ2n) is 4.96. The van der Waals surface area contributed by atoms with Crippen LogP contribution in [0.5, 0.6) is 0 Å². The number of anilines is 1. The van der Waals surface area contributed by atoms with Gasteiger partial charge in [0.05, 0.1) is 5.56 Å². The molecule has 3 aromatic rings. The number of hydrogen-bond acceptors (Lipinski definition) is 1. The van der Waals surface area contributed by atoms with Gasteiger partial charge < -0.3 is 5.32 Å². The van der Waals surface area contributed by atoms with E-state index in [4.69, 9.17) is 0 Å². The van der Waals surface area contributed by atoms with Gasteiger partial charge in [-0.3, -0.25) is 4.79 Å². The number of hydrogen-bond donors (Lipinski definition) is 1. The molecule has 0 spiro atoms. The van der Waals surface area contributed by atoms with Crippen LogP contribution in [0, 0.1) is 10.5 Å². The summed E-state index contributed by atoms with van der Waals surface area (Å²) in [5.74, 6) is -0.0734. The van der Waals surface area contributed by atoms with Crippen LogP contribution in [0.2, 0.25) is 0 Å². The molecule has 3 aromatic carbocycles. The molecule has 0 aromatic heterocycles. The molecule has 0 aliphatic rings. The van der Waals surface area contributed by atoms with E-state index in [1.54, 1.807) is 0 Å². The topological polar surface area (TPSA) is 29.1 Å². The molecule has 0 bridgehead atoms. The molecule has 0 saturated heterocycles. The van der Waals surface area contributed by atoms with Crippen molar-refractivity contribution >= 4 is 45.0 Å². The zero-order valence-electron chi connectivity index (χ0n) is 11.6. The zero-order valence-corrected chi connectivity index (χ0v) is 13.7. The van der Waals surface area contributed by atoms with Crippen LogP contribution in [0.1, 0.15) is 15.9 Å². The molecule has 2 nitrogen and oxygen atoms in total. The van der Waals surface area contributed by atoms with Crippen molar-refractivity contribution in [3.05, 3.63) is 75.4 Å². The third-order valence-corrected chi connectivity index (χ3v) is 4.30. The fourth-order valence-electron chi connectivity index (χ4n) is 2.33. The smallest absolute Gasteiger partial charge is 0.256 e. The van der Waals surface area contributed by atoms with Crippen molar-refractivity contribution in [2.75, 3.05) is 5.32 Å². The van der Waals surface area contributed by atoms with E-state index >= 15 is 0 Å². The number of carbonyl (C=O) groups is 1. The van der Waals surface area contributed by atoms with Gasteiger partial charge in [-0.25, -0.2) is 0 Å². The summed E-state index contributed by atoms with van der Waals surface area (Å²) in [6.45, 7) is 2.02. The Morgan fingerprint density at radius 3 is 2.57 bits per heavy atom. The first-order valence-corrected chi connectivity index (χ1v) is 7.78. The van der Waals surface area contributed by atoms with E-state index in [1.165, 1.54) is 0 Å². The maximum absolute atomic E-state index is 12.5. The first-order chi connectivity index (χ1) is 10.1. The molecule has 0 saturated carbocycles. The van der Waals surface area contributed by atoms with Crippen molar-refractivity contribution in [3.63, 3.8) is 0 Å². The molecule has 0 fully saturated rings. The lowest BCUT2D eigenvalue weighted by molar-refractivity contribution is 0.102. The molecule has 21 heavy (non-hydrogen) atoms.